The zero-order valence-electron chi connectivity index (χ0n) is 8.48. The van der Waals surface area contributed by atoms with E-state index in [0.717, 1.165) is 0 Å². The van der Waals surface area contributed by atoms with Crippen molar-refractivity contribution in [1.29, 1.82) is 0 Å². The summed E-state index contributed by atoms with van der Waals surface area (Å²) >= 11 is 0.247. The van der Waals surface area contributed by atoms with Gasteiger partial charge < -0.3 is 0 Å². The number of hydrogen-bond acceptors (Lipinski definition) is 0. The summed E-state index contributed by atoms with van der Waals surface area (Å²) in [5.74, 6) is 0. The molecular weight excluding hydrogens is 306 g/mol. The second kappa shape index (κ2) is 6.21. The molecule has 0 radical (unpaired) electrons. The fraction of sp³-hybridized carbons (Fsp3) is 0.0769. The predicted octanol–water partition coefficient (Wildman–Crippen LogP) is 0.886. The first kappa shape index (κ1) is 11.1. The molecule has 15 heavy (non-hydrogen) atoms. The standard InChI is InChI=1S/C13H14As2/c1-3-7-12(8-4-1)14-11-15-13-9-5-2-6-10-13/h1-10,14-15H,11H2. The van der Waals surface area contributed by atoms with Crippen molar-refractivity contribution in [3.05, 3.63) is 60.7 Å². The summed E-state index contributed by atoms with van der Waals surface area (Å²) in [7, 11) is 0. The first-order valence-corrected chi connectivity index (χ1v) is 10.1. The molecule has 2 heteroatoms. The molecule has 0 aliphatic carbocycles. The van der Waals surface area contributed by atoms with Gasteiger partial charge in [-0.3, -0.25) is 0 Å². The second-order valence-electron chi connectivity index (χ2n) is 3.26. The molecule has 2 rings (SSSR count). The molecule has 0 fully saturated rings. The van der Waals surface area contributed by atoms with Crippen LogP contribution in [-0.2, 0) is 0 Å². The van der Waals surface area contributed by atoms with Crippen molar-refractivity contribution in [3.63, 3.8) is 0 Å². The Kier molecular flexibility index (Phi) is 4.57. The van der Waals surface area contributed by atoms with Crippen LogP contribution in [0.25, 0.3) is 0 Å². The molecule has 0 nitrogen and oxygen atoms in total. The molecule has 0 aliphatic heterocycles. The predicted molar refractivity (Wildman–Crippen MR) is 71.3 cm³/mol. The fourth-order valence-corrected chi connectivity index (χ4v) is 9.61. The van der Waals surface area contributed by atoms with Gasteiger partial charge in [0.05, 0.1) is 0 Å². The van der Waals surface area contributed by atoms with E-state index in [1.807, 2.05) is 0 Å². The Morgan fingerprint density at radius 3 is 1.40 bits per heavy atom. The van der Waals surface area contributed by atoms with Gasteiger partial charge in [0.2, 0.25) is 0 Å². The zero-order valence-corrected chi connectivity index (χ0v) is 12.7. The molecule has 0 amide bonds. The number of hydrogen-bond donors (Lipinski definition) is 0. The maximum atomic E-state index is 2.27. The van der Waals surface area contributed by atoms with Gasteiger partial charge in [-0.25, -0.2) is 0 Å². The van der Waals surface area contributed by atoms with E-state index in [2.05, 4.69) is 60.7 Å². The Labute approximate surface area is 104 Å². The van der Waals surface area contributed by atoms with Crippen LogP contribution in [0.15, 0.2) is 60.7 Å². The first-order valence-electron chi connectivity index (χ1n) is 5.03. The minimum absolute atomic E-state index is 0.123. The van der Waals surface area contributed by atoms with E-state index in [1.165, 1.54) is 4.00 Å². The quantitative estimate of drug-likeness (QED) is 0.734. The Morgan fingerprint density at radius 2 is 1.00 bits per heavy atom. The van der Waals surface area contributed by atoms with Gasteiger partial charge in [0.25, 0.3) is 0 Å². The van der Waals surface area contributed by atoms with Crippen LogP contribution >= 0.6 is 0 Å². The van der Waals surface area contributed by atoms with E-state index in [-0.39, 0.29) is 31.5 Å². The van der Waals surface area contributed by atoms with E-state index in [9.17, 15) is 0 Å². The summed E-state index contributed by atoms with van der Waals surface area (Å²) in [6.45, 7) is 0. The molecular formula is C13H14As2. The average molecular weight is 320 g/mol. The normalized spacial score (nSPS) is 11.7. The Balaban J connectivity index is 1.81. The average Bonchev–Trinajstić information content (AvgIpc) is 2.32. The number of benzene rings is 2. The number of rotatable bonds is 4. The molecule has 0 bridgehead atoms. The van der Waals surface area contributed by atoms with Gasteiger partial charge in [0.15, 0.2) is 0 Å². The molecule has 2 aromatic carbocycles. The van der Waals surface area contributed by atoms with Gasteiger partial charge in [-0.05, 0) is 0 Å². The summed E-state index contributed by atoms with van der Waals surface area (Å²) < 4.78 is 4.67. The van der Waals surface area contributed by atoms with Gasteiger partial charge in [0.1, 0.15) is 0 Å². The molecule has 2 unspecified atom stereocenters. The van der Waals surface area contributed by atoms with Gasteiger partial charge in [-0.15, -0.1) is 0 Å². The summed E-state index contributed by atoms with van der Waals surface area (Å²) in [5, 5.41) is 0. The van der Waals surface area contributed by atoms with Crippen LogP contribution in [0.1, 0.15) is 0 Å². The van der Waals surface area contributed by atoms with Crippen LogP contribution in [0.3, 0.4) is 0 Å². The first-order chi connectivity index (χ1) is 7.45. The van der Waals surface area contributed by atoms with Crippen LogP contribution < -0.4 is 8.70 Å². The summed E-state index contributed by atoms with van der Waals surface area (Å²) in [5.41, 5.74) is 0. The van der Waals surface area contributed by atoms with Gasteiger partial charge in [0, 0.05) is 0 Å². The molecule has 0 aromatic heterocycles. The van der Waals surface area contributed by atoms with Gasteiger partial charge >= 0.3 is 105 Å². The molecule has 0 saturated heterocycles. The molecule has 0 N–H and O–H groups in total. The van der Waals surface area contributed by atoms with Crippen LogP contribution in [0.4, 0.5) is 0 Å². The topological polar surface area (TPSA) is 0 Å². The molecule has 76 valence electrons. The van der Waals surface area contributed by atoms with Crippen molar-refractivity contribution in [3.8, 4) is 0 Å². The minimum atomic E-state index is 0.123. The summed E-state index contributed by atoms with van der Waals surface area (Å²) in [4.78, 5) is 0. The van der Waals surface area contributed by atoms with Crippen molar-refractivity contribution >= 4 is 40.2 Å². The van der Waals surface area contributed by atoms with Crippen LogP contribution in [0.5, 0.6) is 0 Å². The third kappa shape index (κ3) is 3.90. The molecule has 0 heterocycles. The van der Waals surface area contributed by atoms with Crippen LogP contribution in [-0.4, -0.2) is 31.5 Å². The van der Waals surface area contributed by atoms with E-state index in [4.69, 9.17) is 0 Å². The molecule has 0 spiro atoms. The van der Waals surface area contributed by atoms with Crippen molar-refractivity contribution in [1.82, 2.24) is 0 Å². The van der Waals surface area contributed by atoms with Gasteiger partial charge in [-0.2, -0.15) is 0 Å². The Bertz CT molecular complexity index is 344. The third-order valence-electron chi connectivity index (χ3n) is 2.13. The fourth-order valence-electron chi connectivity index (χ4n) is 1.36. The Morgan fingerprint density at radius 1 is 0.600 bits per heavy atom. The van der Waals surface area contributed by atoms with Crippen LogP contribution in [0, 0.1) is 0 Å². The van der Waals surface area contributed by atoms with E-state index < -0.39 is 0 Å². The van der Waals surface area contributed by atoms with Gasteiger partial charge in [-0.1, -0.05) is 0 Å². The van der Waals surface area contributed by atoms with E-state index in [1.54, 1.807) is 8.70 Å². The second-order valence-corrected chi connectivity index (χ2v) is 11.8. The monoisotopic (exact) mass is 320 g/mol. The molecule has 2 aromatic rings. The van der Waals surface area contributed by atoms with Crippen molar-refractivity contribution < 1.29 is 0 Å². The van der Waals surface area contributed by atoms with E-state index in [0.29, 0.717) is 0 Å². The summed E-state index contributed by atoms with van der Waals surface area (Å²) in [6, 6.07) is 21.9. The Hall–Kier alpha value is -0.443. The molecule has 0 aliphatic rings. The third-order valence-corrected chi connectivity index (χ3v) is 9.84. The summed E-state index contributed by atoms with van der Waals surface area (Å²) in [6.07, 6.45) is 0. The molecule has 0 saturated carbocycles. The van der Waals surface area contributed by atoms with Crippen molar-refractivity contribution in [2.24, 2.45) is 0 Å². The van der Waals surface area contributed by atoms with Crippen molar-refractivity contribution in [2.45, 2.75) is 4.00 Å². The van der Waals surface area contributed by atoms with Crippen molar-refractivity contribution in [2.75, 3.05) is 0 Å². The van der Waals surface area contributed by atoms with E-state index >= 15 is 0 Å². The SMILES string of the molecule is c1ccc([AsH]C[AsH]c2ccccc2)cc1. The maximum absolute atomic E-state index is 2.27. The van der Waals surface area contributed by atoms with Crippen LogP contribution in [0.2, 0.25) is 4.00 Å². The molecule has 2 atom stereocenters. The zero-order chi connectivity index (χ0) is 10.3.